The van der Waals surface area contributed by atoms with Crippen LogP contribution >= 0.6 is 11.8 Å². The van der Waals surface area contributed by atoms with E-state index in [2.05, 4.69) is 15.5 Å². The maximum absolute atomic E-state index is 13.1. The van der Waals surface area contributed by atoms with Crippen molar-refractivity contribution in [1.82, 2.24) is 20.2 Å². The molecule has 0 saturated heterocycles. The summed E-state index contributed by atoms with van der Waals surface area (Å²) in [6, 6.07) is 15.9. The molecule has 0 aliphatic heterocycles. The van der Waals surface area contributed by atoms with Gasteiger partial charge in [-0.15, -0.1) is 5.10 Å². The van der Waals surface area contributed by atoms with Gasteiger partial charge in [-0.3, -0.25) is 0 Å². The van der Waals surface area contributed by atoms with Crippen LogP contribution in [-0.2, 0) is 0 Å². The van der Waals surface area contributed by atoms with Crippen LogP contribution < -0.4 is 0 Å². The van der Waals surface area contributed by atoms with Crippen LogP contribution in [0.2, 0.25) is 0 Å². The largest absolute Gasteiger partial charge is 0.218 e. The average molecular weight is 272 g/mol. The van der Waals surface area contributed by atoms with Gasteiger partial charge in [0, 0.05) is 4.90 Å². The number of aromatic nitrogens is 4. The minimum absolute atomic E-state index is 0.274. The monoisotopic (exact) mass is 272 g/mol. The first-order valence-corrected chi connectivity index (χ1v) is 6.42. The molecule has 0 radical (unpaired) electrons. The smallest absolute Gasteiger partial charge is 0.207 e. The zero-order chi connectivity index (χ0) is 13.1. The Morgan fingerprint density at radius 3 is 2.63 bits per heavy atom. The molecule has 1 heterocycles. The van der Waals surface area contributed by atoms with E-state index in [0.29, 0.717) is 5.16 Å². The van der Waals surface area contributed by atoms with Gasteiger partial charge < -0.3 is 0 Å². The SMILES string of the molecule is Fc1cccc(Sc2nnnn2-c2ccccc2)c1. The molecule has 0 atom stereocenters. The van der Waals surface area contributed by atoms with Crippen LogP contribution in [0, 0.1) is 5.82 Å². The second-order valence-corrected chi connectivity index (χ2v) is 4.81. The summed E-state index contributed by atoms with van der Waals surface area (Å²) in [4.78, 5) is 0.756. The molecule has 0 spiro atoms. The van der Waals surface area contributed by atoms with Gasteiger partial charge in [0.2, 0.25) is 5.16 Å². The normalized spacial score (nSPS) is 10.6. The molecule has 0 bridgehead atoms. The molecule has 2 aromatic carbocycles. The van der Waals surface area contributed by atoms with Crippen molar-refractivity contribution in [2.45, 2.75) is 10.1 Å². The van der Waals surface area contributed by atoms with E-state index in [1.165, 1.54) is 23.9 Å². The van der Waals surface area contributed by atoms with Crippen LogP contribution in [-0.4, -0.2) is 20.2 Å². The molecule has 0 fully saturated rings. The van der Waals surface area contributed by atoms with Gasteiger partial charge in [-0.1, -0.05) is 24.3 Å². The maximum Gasteiger partial charge on any atom is 0.218 e. The van der Waals surface area contributed by atoms with Crippen molar-refractivity contribution in [1.29, 1.82) is 0 Å². The van der Waals surface area contributed by atoms with Crippen LogP contribution in [0.25, 0.3) is 5.69 Å². The van der Waals surface area contributed by atoms with E-state index in [-0.39, 0.29) is 5.82 Å². The third-order valence-corrected chi connectivity index (χ3v) is 3.37. The molecular formula is C13H9FN4S. The molecular weight excluding hydrogens is 263 g/mol. The van der Waals surface area contributed by atoms with E-state index in [0.717, 1.165) is 10.6 Å². The Bertz CT molecular complexity index is 684. The summed E-state index contributed by atoms with van der Waals surface area (Å²) >= 11 is 1.32. The number of nitrogens with zero attached hydrogens (tertiary/aromatic N) is 4. The number of hydrogen-bond acceptors (Lipinski definition) is 4. The molecule has 0 N–H and O–H groups in total. The molecule has 0 amide bonds. The molecule has 19 heavy (non-hydrogen) atoms. The van der Waals surface area contributed by atoms with E-state index < -0.39 is 0 Å². The van der Waals surface area contributed by atoms with Crippen molar-refractivity contribution >= 4 is 11.8 Å². The molecule has 0 aliphatic carbocycles. The van der Waals surface area contributed by atoms with Crippen molar-refractivity contribution in [3.05, 3.63) is 60.4 Å². The summed E-state index contributed by atoms with van der Waals surface area (Å²) in [5.74, 6) is -0.274. The van der Waals surface area contributed by atoms with Crippen molar-refractivity contribution in [3.63, 3.8) is 0 Å². The highest BCUT2D eigenvalue weighted by atomic mass is 32.2. The molecule has 6 heteroatoms. The summed E-state index contributed by atoms with van der Waals surface area (Å²) in [7, 11) is 0. The summed E-state index contributed by atoms with van der Waals surface area (Å²) in [5.41, 5.74) is 0.867. The molecule has 0 saturated carbocycles. The number of hydrogen-bond donors (Lipinski definition) is 0. The Kier molecular flexibility index (Phi) is 3.24. The summed E-state index contributed by atoms with van der Waals surface area (Å²) < 4.78 is 14.8. The predicted molar refractivity (Wildman–Crippen MR) is 69.7 cm³/mol. The van der Waals surface area contributed by atoms with Gasteiger partial charge in [0.25, 0.3) is 0 Å². The zero-order valence-electron chi connectivity index (χ0n) is 9.77. The van der Waals surface area contributed by atoms with E-state index in [9.17, 15) is 4.39 Å². The molecule has 0 unspecified atom stereocenters. The first-order chi connectivity index (χ1) is 9.33. The number of benzene rings is 2. The Morgan fingerprint density at radius 1 is 1.00 bits per heavy atom. The summed E-state index contributed by atoms with van der Waals surface area (Å²) in [5, 5.41) is 12.2. The van der Waals surface area contributed by atoms with Crippen molar-refractivity contribution in [2.24, 2.45) is 0 Å². The molecule has 94 valence electrons. The van der Waals surface area contributed by atoms with Gasteiger partial charge >= 0.3 is 0 Å². The first-order valence-electron chi connectivity index (χ1n) is 5.60. The molecule has 3 rings (SSSR count). The van der Waals surface area contributed by atoms with Crippen molar-refractivity contribution in [3.8, 4) is 5.69 Å². The van der Waals surface area contributed by atoms with E-state index >= 15 is 0 Å². The lowest BCUT2D eigenvalue weighted by atomic mass is 10.3. The highest BCUT2D eigenvalue weighted by Crippen LogP contribution is 2.27. The second kappa shape index (κ2) is 5.19. The van der Waals surface area contributed by atoms with E-state index in [1.807, 2.05) is 36.4 Å². The molecule has 0 aliphatic rings. The minimum atomic E-state index is -0.274. The fourth-order valence-corrected chi connectivity index (χ4v) is 2.44. The van der Waals surface area contributed by atoms with Gasteiger partial charge in [-0.25, -0.2) is 4.39 Å². The lowest BCUT2D eigenvalue weighted by molar-refractivity contribution is 0.624. The Hall–Kier alpha value is -2.21. The fraction of sp³-hybridized carbons (Fsp3) is 0. The van der Waals surface area contributed by atoms with Gasteiger partial charge in [0.1, 0.15) is 5.82 Å². The van der Waals surface area contributed by atoms with E-state index in [1.54, 1.807) is 10.7 Å². The van der Waals surface area contributed by atoms with Crippen LogP contribution in [0.1, 0.15) is 0 Å². The quantitative estimate of drug-likeness (QED) is 0.735. The predicted octanol–water partition coefficient (Wildman–Crippen LogP) is 2.95. The molecule has 4 nitrogen and oxygen atoms in total. The second-order valence-electron chi connectivity index (χ2n) is 3.77. The van der Waals surface area contributed by atoms with Crippen LogP contribution in [0.5, 0.6) is 0 Å². The standard InChI is InChI=1S/C13H9FN4S/c14-10-5-4-8-12(9-10)19-13-15-16-17-18(13)11-6-2-1-3-7-11/h1-9H. The third-order valence-electron chi connectivity index (χ3n) is 2.45. The highest BCUT2D eigenvalue weighted by Gasteiger charge is 2.09. The molecule has 1 aromatic heterocycles. The average Bonchev–Trinajstić information content (AvgIpc) is 2.88. The Balaban J connectivity index is 1.93. The molecule has 3 aromatic rings. The highest BCUT2D eigenvalue weighted by molar-refractivity contribution is 7.99. The van der Waals surface area contributed by atoms with Crippen LogP contribution in [0.4, 0.5) is 4.39 Å². The fourth-order valence-electron chi connectivity index (χ4n) is 1.61. The third kappa shape index (κ3) is 2.63. The first kappa shape index (κ1) is 11.9. The van der Waals surface area contributed by atoms with Gasteiger partial charge in [0.05, 0.1) is 5.69 Å². The lowest BCUT2D eigenvalue weighted by Gasteiger charge is -2.03. The number of halogens is 1. The van der Waals surface area contributed by atoms with Gasteiger partial charge in [-0.2, -0.15) is 4.68 Å². The number of tetrazole rings is 1. The lowest BCUT2D eigenvalue weighted by Crippen LogP contribution is -1.98. The van der Waals surface area contributed by atoms with Crippen LogP contribution in [0.15, 0.2) is 64.6 Å². The number of rotatable bonds is 3. The van der Waals surface area contributed by atoms with Crippen molar-refractivity contribution in [2.75, 3.05) is 0 Å². The summed E-state index contributed by atoms with van der Waals surface area (Å²) in [6.07, 6.45) is 0. The Labute approximate surface area is 113 Å². The topological polar surface area (TPSA) is 43.6 Å². The Morgan fingerprint density at radius 2 is 1.84 bits per heavy atom. The number of para-hydroxylation sites is 1. The van der Waals surface area contributed by atoms with Crippen molar-refractivity contribution < 1.29 is 4.39 Å². The van der Waals surface area contributed by atoms with Gasteiger partial charge in [0.15, 0.2) is 0 Å². The maximum atomic E-state index is 13.1. The summed E-state index contributed by atoms with van der Waals surface area (Å²) in [6.45, 7) is 0. The van der Waals surface area contributed by atoms with Crippen LogP contribution in [0.3, 0.4) is 0 Å². The zero-order valence-corrected chi connectivity index (χ0v) is 10.6. The van der Waals surface area contributed by atoms with E-state index in [4.69, 9.17) is 0 Å². The van der Waals surface area contributed by atoms with Gasteiger partial charge in [-0.05, 0) is 52.5 Å². The minimum Gasteiger partial charge on any atom is -0.207 e.